The van der Waals surface area contributed by atoms with E-state index in [1.807, 2.05) is 30.3 Å². The van der Waals surface area contributed by atoms with Crippen LogP contribution in [-0.2, 0) is 25.7 Å². The summed E-state index contributed by atoms with van der Waals surface area (Å²) in [5, 5.41) is 5.46. The molecule has 7 heteroatoms. The predicted molar refractivity (Wildman–Crippen MR) is 111 cm³/mol. The number of carbonyl (C=O) groups is 3. The van der Waals surface area contributed by atoms with Gasteiger partial charge in [0.25, 0.3) is 0 Å². The number of ether oxygens (including phenoxy) is 2. The molecule has 0 radical (unpaired) electrons. The van der Waals surface area contributed by atoms with E-state index in [2.05, 4.69) is 17.6 Å². The first-order valence-electron chi connectivity index (χ1n) is 10.5. The van der Waals surface area contributed by atoms with Gasteiger partial charge in [-0.25, -0.2) is 9.59 Å². The molecule has 1 aromatic carbocycles. The second-order valence-corrected chi connectivity index (χ2v) is 6.81. The highest BCUT2D eigenvalue weighted by Gasteiger charge is 2.22. The molecule has 29 heavy (non-hydrogen) atoms. The van der Waals surface area contributed by atoms with Crippen molar-refractivity contribution in [2.75, 3.05) is 13.2 Å². The van der Waals surface area contributed by atoms with Crippen LogP contribution in [-0.4, -0.2) is 37.2 Å². The van der Waals surface area contributed by atoms with Crippen LogP contribution in [0.3, 0.4) is 0 Å². The Morgan fingerprint density at radius 3 is 2.41 bits per heavy atom. The predicted octanol–water partition coefficient (Wildman–Crippen LogP) is 3.71. The van der Waals surface area contributed by atoms with E-state index < -0.39 is 18.1 Å². The maximum absolute atomic E-state index is 12.1. The van der Waals surface area contributed by atoms with Crippen LogP contribution in [0.1, 0.15) is 64.4 Å². The van der Waals surface area contributed by atoms with Crippen molar-refractivity contribution in [3.63, 3.8) is 0 Å². The normalized spacial score (nSPS) is 11.4. The molecule has 0 heterocycles. The van der Waals surface area contributed by atoms with E-state index in [0.29, 0.717) is 32.2 Å². The zero-order chi connectivity index (χ0) is 21.3. The van der Waals surface area contributed by atoms with Crippen LogP contribution in [0.5, 0.6) is 0 Å². The fourth-order valence-corrected chi connectivity index (χ4v) is 2.72. The van der Waals surface area contributed by atoms with Gasteiger partial charge in [-0.05, 0) is 31.7 Å². The van der Waals surface area contributed by atoms with Crippen molar-refractivity contribution in [1.29, 1.82) is 0 Å². The smallest absolute Gasteiger partial charge is 0.408 e. The van der Waals surface area contributed by atoms with Gasteiger partial charge in [0.15, 0.2) is 0 Å². The zero-order valence-electron chi connectivity index (χ0n) is 17.6. The molecular weight excluding hydrogens is 372 g/mol. The van der Waals surface area contributed by atoms with Gasteiger partial charge in [-0.3, -0.25) is 4.79 Å². The van der Waals surface area contributed by atoms with Crippen LogP contribution in [0.25, 0.3) is 0 Å². The van der Waals surface area contributed by atoms with Crippen LogP contribution < -0.4 is 10.6 Å². The minimum Gasteiger partial charge on any atom is -0.464 e. The van der Waals surface area contributed by atoms with E-state index in [-0.39, 0.29) is 19.1 Å². The Morgan fingerprint density at radius 1 is 0.966 bits per heavy atom. The molecule has 0 bridgehead atoms. The molecule has 0 aliphatic rings. The van der Waals surface area contributed by atoms with Gasteiger partial charge >= 0.3 is 12.1 Å². The minimum absolute atomic E-state index is 0.0176. The number of unbranched alkanes of at least 4 members (excludes halogenated alkanes) is 3. The third-order valence-electron chi connectivity index (χ3n) is 4.33. The number of alkyl carbamates (subject to hydrolysis) is 1. The van der Waals surface area contributed by atoms with E-state index in [4.69, 9.17) is 9.47 Å². The number of carbonyl (C=O) groups excluding carboxylic acids is 3. The third kappa shape index (κ3) is 11.8. The van der Waals surface area contributed by atoms with Crippen LogP contribution in [0, 0.1) is 0 Å². The fraction of sp³-hybridized carbons (Fsp3) is 0.591. The Hall–Kier alpha value is -2.57. The van der Waals surface area contributed by atoms with Crippen molar-refractivity contribution in [3.8, 4) is 0 Å². The van der Waals surface area contributed by atoms with E-state index in [1.165, 1.54) is 0 Å². The first kappa shape index (κ1) is 24.5. The van der Waals surface area contributed by atoms with Crippen molar-refractivity contribution < 1.29 is 23.9 Å². The van der Waals surface area contributed by atoms with Gasteiger partial charge in [0.2, 0.25) is 5.91 Å². The van der Waals surface area contributed by atoms with Gasteiger partial charge in [-0.1, -0.05) is 56.5 Å². The molecule has 1 rings (SSSR count). The number of amides is 2. The molecule has 0 fully saturated rings. The average molecular weight is 407 g/mol. The number of hydrogen-bond acceptors (Lipinski definition) is 5. The highest BCUT2D eigenvalue weighted by molar-refractivity contribution is 5.81. The number of hydrogen-bond donors (Lipinski definition) is 2. The van der Waals surface area contributed by atoms with Crippen LogP contribution in [0.15, 0.2) is 30.3 Å². The summed E-state index contributed by atoms with van der Waals surface area (Å²) >= 11 is 0. The van der Waals surface area contributed by atoms with Crippen molar-refractivity contribution in [1.82, 2.24) is 10.6 Å². The van der Waals surface area contributed by atoms with Gasteiger partial charge < -0.3 is 20.1 Å². The Balaban J connectivity index is 2.34. The van der Waals surface area contributed by atoms with E-state index in [1.54, 1.807) is 6.92 Å². The number of nitrogens with one attached hydrogen (secondary N) is 2. The fourth-order valence-electron chi connectivity index (χ4n) is 2.72. The van der Waals surface area contributed by atoms with Gasteiger partial charge in [-0.15, -0.1) is 0 Å². The highest BCUT2D eigenvalue weighted by atomic mass is 16.6. The van der Waals surface area contributed by atoms with Crippen molar-refractivity contribution in [2.45, 2.75) is 71.4 Å². The molecule has 1 atom stereocenters. The first-order valence-corrected chi connectivity index (χ1v) is 10.5. The molecular formula is C22H34N2O5. The molecule has 2 N–H and O–H groups in total. The Bertz CT molecular complexity index is 606. The Labute approximate surface area is 173 Å². The summed E-state index contributed by atoms with van der Waals surface area (Å²) < 4.78 is 10.2. The second-order valence-electron chi connectivity index (χ2n) is 6.81. The molecule has 7 nitrogen and oxygen atoms in total. The van der Waals surface area contributed by atoms with Crippen molar-refractivity contribution in [2.24, 2.45) is 0 Å². The lowest BCUT2D eigenvalue weighted by Crippen LogP contribution is -2.42. The molecule has 0 aliphatic heterocycles. The maximum Gasteiger partial charge on any atom is 0.408 e. The monoisotopic (exact) mass is 406 g/mol. The molecule has 0 spiro atoms. The van der Waals surface area contributed by atoms with Gasteiger partial charge in [-0.2, -0.15) is 0 Å². The topological polar surface area (TPSA) is 93.7 Å². The summed E-state index contributed by atoms with van der Waals surface area (Å²) in [6.45, 7) is 4.89. The second kappa shape index (κ2) is 15.4. The summed E-state index contributed by atoms with van der Waals surface area (Å²) in [4.78, 5) is 35.9. The molecule has 0 saturated heterocycles. The number of rotatable bonds is 14. The zero-order valence-corrected chi connectivity index (χ0v) is 17.6. The van der Waals surface area contributed by atoms with Crippen molar-refractivity contribution in [3.05, 3.63) is 35.9 Å². The minimum atomic E-state index is -0.786. The third-order valence-corrected chi connectivity index (χ3v) is 4.33. The SMILES string of the molecule is CCCCCNC(=O)CCCC[C@H](NC(=O)OCc1ccccc1)C(=O)OCC. The summed E-state index contributed by atoms with van der Waals surface area (Å²) in [6.07, 6.45) is 4.59. The molecule has 162 valence electrons. The summed E-state index contributed by atoms with van der Waals surface area (Å²) in [6, 6.07) is 8.51. The van der Waals surface area contributed by atoms with E-state index in [9.17, 15) is 14.4 Å². The molecule has 2 amide bonds. The molecule has 0 aliphatic carbocycles. The quantitative estimate of drug-likeness (QED) is 0.363. The molecule has 0 aromatic heterocycles. The summed E-state index contributed by atoms with van der Waals surface area (Å²) in [5.74, 6) is -0.475. The lowest BCUT2D eigenvalue weighted by molar-refractivity contribution is -0.145. The first-order chi connectivity index (χ1) is 14.1. The molecule has 1 aromatic rings. The van der Waals surface area contributed by atoms with Crippen LogP contribution in [0.4, 0.5) is 4.79 Å². The van der Waals surface area contributed by atoms with Gasteiger partial charge in [0.1, 0.15) is 12.6 Å². The van der Waals surface area contributed by atoms with Gasteiger partial charge in [0.05, 0.1) is 6.61 Å². The largest absolute Gasteiger partial charge is 0.464 e. The van der Waals surface area contributed by atoms with Crippen molar-refractivity contribution >= 4 is 18.0 Å². The summed E-state index contributed by atoms with van der Waals surface area (Å²) in [7, 11) is 0. The van der Waals surface area contributed by atoms with Gasteiger partial charge in [0, 0.05) is 13.0 Å². The standard InChI is InChI=1S/C22H34N2O5/c1-3-5-11-16-23-20(25)15-10-9-14-19(21(26)28-4-2)24-22(27)29-17-18-12-7-6-8-13-18/h6-8,12-13,19H,3-5,9-11,14-17H2,1-2H3,(H,23,25)(H,24,27)/t19-/m0/s1. The average Bonchev–Trinajstić information content (AvgIpc) is 2.72. The number of benzene rings is 1. The number of esters is 1. The van der Waals surface area contributed by atoms with E-state index >= 15 is 0 Å². The van der Waals surface area contributed by atoms with E-state index in [0.717, 1.165) is 24.8 Å². The lowest BCUT2D eigenvalue weighted by atomic mass is 10.1. The molecule has 0 saturated carbocycles. The lowest BCUT2D eigenvalue weighted by Gasteiger charge is -2.17. The maximum atomic E-state index is 12.1. The molecule has 0 unspecified atom stereocenters. The Morgan fingerprint density at radius 2 is 1.72 bits per heavy atom. The highest BCUT2D eigenvalue weighted by Crippen LogP contribution is 2.07. The van der Waals surface area contributed by atoms with Crippen LogP contribution in [0.2, 0.25) is 0 Å². The summed E-state index contributed by atoms with van der Waals surface area (Å²) in [5.41, 5.74) is 0.861. The van der Waals surface area contributed by atoms with Crippen LogP contribution >= 0.6 is 0 Å². The Kier molecular flexibility index (Phi) is 13.0.